The van der Waals surface area contributed by atoms with Crippen LogP contribution in [0.3, 0.4) is 0 Å². The van der Waals surface area contributed by atoms with E-state index >= 15 is 0 Å². The Labute approximate surface area is 138 Å². The van der Waals surface area contributed by atoms with E-state index in [0.29, 0.717) is 11.5 Å². The summed E-state index contributed by atoms with van der Waals surface area (Å²) in [5, 5.41) is 18.6. The first-order valence-corrected chi connectivity index (χ1v) is 8.17. The molecule has 1 aromatic rings. The Hall–Kier alpha value is -2.32. The molecule has 116 valence electrons. The second kappa shape index (κ2) is 5.10. The topological polar surface area (TPSA) is 47.6 Å². The molecule has 0 radical (unpaired) electrons. The summed E-state index contributed by atoms with van der Waals surface area (Å²) in [4.78, 5) is 0. The molecule has 0 saturated heterocycles. The Bertz CT molecular complexity index is 788. The number of nitrogens with zero attached hydrogens (tertiary/aromatic N) is 2. The number of allylic oxidation sites excluding steroid dienone is 4. The number of nitriles is 2. The zero-order valence-corrected chi connectivity index (χ0v) is 14.3. The van der Waals surface area contributed by atoms with Crippen LogP contribution in [0.1, 0.15) is 51.7 Å². The van der Waals surface area contributed by atoms with Crippen LogP contribution in [0.15, 0.2) is 41.5 Å². The smallest absolute Gasteiger partial charge is 0.105 e. The maximum absolute atomic E-state index is 9.59. The van der Waals surface area contributed by atoms with Gasteiger partial charge in [-0.3, -0.25) is 0 Å². The van der Waals surface area contributed by atoms with Gasteiger partial charge in [0, 0.05) is 0 Å². The Morgan fingerprint density at radius 2 is 1.83 bits per heavy atom. The van der Waals surface area contributed by atoms with Crippen molar-refractivity contribution < 1.29 is 0 Å². The van der Waals surface area contributed by atoms with Gasteiger partial charge in [0.25, 0.3) is 0 Å². The summed E-state index contributed by atoms with van der Waals surface area (Å²) in [7, 11) is 0. The van der Waals surface area contributed by atoms with Crippen molar-refractivity contribution in [3.63, 3.8) is 0 Å². The molecule has 23 heavy (non-hydrogen) atoms. The molecule has 0 spiro atoms. The van der Waals surface area contributed by atoms with Gasteiger partial charge in [-0.1, -0.05) is 39.0 Å². The highest BCUT2D eigenvalue weighted by Gasteiger charge is 2.55. The lowest BCUT2D eigenvalue weighted by molar-refractivity contribution is 0.331. The maximum Gasteiger partial charge on any atom is 0.105 e. The molecule has 0 heterocycles. The minimum absolute atomic E-state index is 0.242. The highest BCUT2D eigenvalue weighted by atomic mass is 14.6. The predicted octanol–water partition coefficient (Wildman–Crippen LogP) is 5.24. The summed E-state index contributed by atoms with van der Waals surface area (Å²) in [6.45, 7) is 8.83. The lowest BCUT2D eigenvalue weighted by atomic mass is 9.76. The fourth-order valence-corrected chi connectivity index (χ4v) is 3.85. The Kier molecular flexibility index (Phi) is 3.46. The summed E-state index contributed by atoms with van der Waals surface area (Å²) in [6.07, 6.45) is 4.36. The zero-order chi connectivity index (χ0) is 16.8. The van der Waals surface area contributed by atoms with Gasteiger partial charge in [-0.15, -0.1) is 0 Å². The fourth-order valence-electron chi connectivity index (χ4n) is 3.85. The quantitative estimate of drug-likeness (QED) is 0.750. The first-order chi connectivity index (χ1) is 10.8. The van der Waals surface area contributed by atoms with Gasteiger partial charge in [0.1, 0.15) is 5.41 Å². The molecule has 0 aliphatic heterocycles. The van der Waals surface area contributed by atoms with Gasteiger partial charge in [0.15, 0.2) is 0 Å². The van der Waals surface area contributed by atoms with Crippen LogP contribution >= 0.6 is 0 Å². The molecule has 0 N–H and O–H groups in total. The Morgan fingerprint density at radius 3 is 2.35 bits per heavy atom. The molecule has 2 atom stereocenters. The van der Waals surface area contributed by atoms with Crippen molar-refractivity contribution in [1.29, 1.82) is 10.5 Å². The molecule has 3 rings (SSSR count). The van der Waals surface area contributed by atoms with Crippen LogP contribution in [0.5, 0.6) is 0 Å². The molecule has 0 amide bonds. The number of benzene rings is 1. The molecular weight excluding hydrogens is 280 g/mol. The lowest BCUT2D eigenvalue weighted by Crippen LogP contribution is -2.15. The van der Waals surface area contributed by atoms with E-state index in [4.69, 9.17) is 5.26 Å². The van der Waals surface area contributed by atoms with Gasteiger partial charge in [-0.2, -0.15) is 10.5 Å². The molecule has 0 aromatic heterocycles. The van der Waals surface area contributed by atoms with Crippen molar-refractivity contribution in [3.8, 4) is 12.1 Å². The standard InChI is InChI=1S/C21H22N2/c1-20(2,3)11-16-9-10-17-19(21(17,4)13-23)18(16)15-7-5-14(12-22)6-8-15/h5-8,10,16H,9,11H2,1-4H3. The highest BCUT2D eigenvalue weighted by Crippen LogP contribution is 2.64. The second-order valence-electron chi connectivity index (χ2n) is 8.03. The van der Waals surface area contributed by atoms with E-state index in [1.165, 1.54) is 16.7 Å². The van der Waals surface area contributed by atoms with Gasteiger partial charge in [-0.25, -0.2) is 0 Å². The summed E-state index contributed by atoms with van der Waals surface area (Å²) in [5.41, 5.74) is 5.44. The average molecular weight is 302 g/mol. The minimum Gasteiger partial charge on any atom is -0.197 e. The SMILES string of the molecule is CC(C)(C)CC1CC=C2C(=C1c1ccc(C#N)cc1)C2(C)C#N. The van der Waals surface area contributed by atoms with Crippen LogP contribution < -0.4 is 0 Å². The fraction of sp³-hybridized carbons (Fsp3) is 0.429. The van der Waals surface area contributed by atoms with E-state index < -0.39 is 5.41 Å². The molecule has 1 aromatic carbocycles. The van der Waals surface area contributed by atoms with E-state index in [1.807, 2.05) is 31.2 Å². The van der Waals surface area contributed by atoms with E-state index in [1.54, 1.807) is 0 Å². The van der Waals surface area contributed by atoms with Crippen molar-refractivity contribution in [3.05, 3.63) is 52.6 Å². The van der Waals surface area contributed by atoms with Crippen LogP contribution in [0, 0.1) is 39.4 Å². The van der Waals surface area contributed by atoms with Crippen LogP contribution in [-0.2, 0) is 0 Å². The van der Waals surface area contributed by atoms with Gasteiger partial charge < -0.3 is 0 Å². The van der Waals surface area contributed by atoms with Crippen LogP contribution in [0.2, 0.25) is 0 Å². The van der Waals surface area contributed by atoms with Crippen molar-refractivity contribution in [2.45, 2.75) is 40.5 Å². The molecule has 2 unspecified atom stereocenters. The average Bonchev–Trinajstić information content (AvgIpc) is 3.12. The number of rotatable bonds is 2. The third-order valence-corrected chi connectivity index (χ3v) is 4.94. The lowest BCUT2D eigenvalue weighted by Gasteiger charge is -2.29. The molecule has 1 fully saturated rings. The van der Waals surface area contributed by atoms with Gasteiger partial charge >= 0.3 is 0 Å². The van der Waals surface area contributed by atoms with Gasteiger partial charge in [-0.05, 0) is 65.5 Å². The molecular formula is C21H22N2. The van der Waals surface area contributed by atoms with Crippen molar-refractivity contribution >= 4 is 5.57 Å². The highest BCUT2D eigenvalue weighted by molar-refractivity contribution is 5.88. The minimum atomic E-state index is -0.407. The van der Waals surface area contributed by atoms with E-state index in [2.05, 4.69) is 39.0 Å². The zero-order valence-electron chi connectivity index (χ0n) is 14.3. The maximum atomic E-state index is 9.59. The monoisotopic (exact) mass is 302 g/mol. The number of fused-ring (bicyclic) bond motifs is 1. The van der Waals surface area contributed by atoms with Crippen LogP contribution in [0.4, 0.5) is 0 Å². The Morgan fingerprint density at radius 1 is 1.17 bits per heavy atom. The van der Waals surface area contributed by atoms with Crippen molar-refractivity contribution in [1.82, 2.24) is 0 Å². The summed E-state index contributed by atoms with van der Waals surface area (Å²) < 4.78 is 0. The van der Waals surface area contributed by atoms with E-state index in [-0.39, 0.29) is 5.41 Å². The van der Waals surface area contributed by atoms with Crippen LogP contribution in [-0.4, -0.2) is 0 Å². The summed E-state index contributed by atoms with van der Waals surface area (Å²) in [5.74, 6) is 0.442. The number of hydrogen-bond donors (Lipinski definition) is 0. The molecule has 0 bridgehead atoms. The first kappa shape index (κ1) is 15.6. The predicted molar refractivity (Wildman–Crippen MR) is 92.1 cm³/mol. The summed E-state index contributed by atoms with van der Waals surface area (Å²) in [6, 6.07) is 12.5. The first-order valence-electron chi connectivity index (χ1n) is 8.17. The van der Waals surface area contributed by atoms with E-state index in [9.17, 15) is 5.26 Å². The largest absolute Gasteiger partial charge is 0.197 e. The molecule has 2 heteroatoms. The Balaban J connectivity index is 2.09. The van der Waals surface area contributed by atoms with Crippen molar-refractivity contribution in [2.24, 2.45) is 16.7 Å². The normalized spacial score (nSPS) is 26.0. The summed E-state index contributed by atoms with van der Waals surface area (Å²) >= 11 is 0. The van der Waals surface area contributed by atoms with Crippen LogP contribution in [0.25, 0.3) is 5.57 Å². The van der Waals surface area contributed by atoms with Crippen molar-refractivity contribution in [2.75, 3.05) is 0 Å². The van der Waals surface area contributed by atoms with Gasteiger partial charge in [0.05, 0.1) is 17.7 Å². The molecule has 2 nitrogen and oxygen atoms in total. The molecule has 2 aliphatic carbocycles. The number of hydrogen-bond acceptors (Lipinski definition) is 2. The molecule has 2 aliphatic rings. The third-order valence-electron chi connectivity index (χ3n) is 4.94. The van der Waals surface area contributed by atoms with E-state index in [0.717, 1.165) is 18.4 Å². The molecule has 1 saturated carbocycles. The third kappa shape index (κ3) is 2.60. The second-order valence-corrected chi connectivity index (χ2v) is 8.03. The van der Waals surface area contributed by atoms with Gasteiger partial charge in [0.2, 0.25) is 0 Å².